The number of hydrogen-bond acceptors (Lipinski definition) is 9. The maximum atomic E-state index is 10.9. The van der Waals surface area contributed by atoms with E-state index in [2.05, 4.69) is 23.3 Å². The van der Waals surface area contributed by atoms with Crippen LogP contribution in [0.4, 0.5) is 11.5 Å². The molecule has 2 aliphatic heterocycles. The van der Waals surface area contributed by atoms with Crippen molar-refractivity contribution in [2.75, 3.05) is 32.8 Å². The molecule has 4 rings (SSSR count). The van der Waals surface area contributed by atoms with E-state index in [9.17, 15) is 5.11 Å². The Morgan fingerprint density at radius 3 is 2.87 bits per heavy atom. The first kappa shape index (κ1) is 21.9. The fourth-order valence-corrected chi connectivity index (χ4v) is 6.55. The monoisotopic (exact) mass is 467 g/mol. The van der Waals surface area contributed by atoms with Gasteiger partial charge in [0.1, 0.15) is 29.1 Å². The predicted molar refractivity (Wildman–Crippen MR) is 122 cm³/mol. The lowest BCUT2D eigenvalue weighted by molar-refractivity contribution is -0.0209. The van der Waals surface area contributed by atoms with Crippen molar-refractivity contribution in [2.45, 2.75) is 46.0 Å². The van der Waals surface area contributed by atoms with Gasteiger partial charge in [0, 0.05) is 25.3 Å². The molecule has 10 heteroatoms. The Kier molecular flexibility index (Phi) is 6.91. The van der Waals surface area contributed by atoms with Gasteiger partial charge in [-0.1, -0.05) is 24.8 Å². The number of hydrogen-bond donors (Lipinski definition) is 2. The van der Waals surface area contributed by atoms with Gasteiger partial charge in [0.05, 0.1) is 29.0 Å². The Hall–Kier alpha value is -1.30. The number of fused-ring (bicyclic) bond motifs is 2. The topological polar surface area (TPSA) is 77.8 Å². The maximum Gasteiger partial charge on any atom is 0.202 e. The van der Waals surface area contributed by atoms with Crippen molar-refractivity contribution in [1.82, 2.24) is 9.55 Å². The van der Waals surface area contributed by atoms with Gasteiger partial charge in [-0.15, -0.1) is 11.8 Å². The summed E-state index contributed by atoms with van der Waals surface area (Å²) in [5.74, 6) is 1.51. The molecule has 30 heavy (non-hydrogen) atoms. The summed E-state index contributed by atoms with van der Waals surface area (Å²) in [6.45, 7) is 3.23. The van der Waals surface area contributed by atoms with Crippen LogP contribution in [0.25, 0.3) is 0 Å². The van der Waals surface area contributed by atoms with E-state index in [4.69, 9.17) is 26.4 Å². The molecule has 0 bridgehead atoms. The van der Waals surface area contributed by atoms with Crippen LogP contribution in [-0.2, 0) is 9.47 Å². The van der Waals surface area contributed by atoms with Crippen LogP contribution in [-0.4, -0.2) is 59.5 Å². The third-order valence-corrected chi connectivity index (χ3v) is 7.94. The highest BCUT2D eigenvalue weighted by Crippen LogP contribution is 2.49. The molecule has 162 valence electrons. The van der Waals surface area contributed by atoms with Gasteiger partial charge >= 0.3 is 0 Å². The van der Waals surface area contributed by atoms with Crippen LogP contribution in [0.2, 0.25) is 0 Å². The number of para-hydroxylation sites is 1. The van der Waals surface area contributed by atoms with E-state index in [-0.39, 0.29) is 16.7 Å². The molecule has 1 unspecified atom stereocenters. The van der Waals surface area contributed by atoms with Gasteiger partial charge in [-0.05, 0) is 30.8 Å². The van der Waals surface area contributed by atoms with Crippen LogP contribution in [0.3, 0.4) is 0 Å². The molecule has 2 aliphatic rings. The van der Waals surface area contributed by atoms with E-state index < -0.39 is 6.10 Å². The summed E-state index contributed by atoms with van der Waals surface area (Å²) in [6.07, 6.45) is 1.86. The molecule has 7 nitrogen and oxygen atoms in total. The second-order valence-corrected chi connectivity index (χ2v) is 9.87. The molecule has 0 spiro atoms. The normalized spacial score (nSPS) is 24.8. The van der Waals surface area contributed by atoms with Gasteiger partial charge < -0.3 is 29.2 Å². The van der Waals surface area contributed by atoms with Gasteiger partial charge in [-0.2, -0.15) is 0 Å². The molecule has 3 heterocycles. The highest BCUT2D eigenvalue weighted by molar-refractivity contribution is 8.00. The van der Waals surface area contributed by atoms with E-state index in [0.717, 1.165) is 27.6 Å². The molecule has 1 aromatic carbocycles. The van der Waals surface area contributed by atoms with Crippen LogP contribution in [0.5, 0.6) is 5.75 Å². The minimum Gasteiger partial charge on any atom is -0.491 e. The standard InChI is InChI=1S/C20H25N3O4S3/c1-4-8-27-11-6-5-7-12-15(11)21-18-13(29-12)9-23(20(28)22-18)19-16(24)17(26-3)14(30-19)10-25-2/h5-7,9,14,16-17,19,24H,4,8,10H2,1-3H3,(H,21,22,28)/t14-,16+,17?,19-/m1/s1. The number of aliphatic hydroxyl groups is 1. The van der Waals surface area contributed by atoms with Crippen LogP contribution in [0.15, 0.2) is 34.2 Å². The van der Waals surface area contributed by atoms with Crippen LogP contribution in [0.1, 0.15) is 18.7 Å². The number of nitrogens with one attached hydrogen (secondary N) is 1. The van der Waals surface area contributed by atoms with Gasteiger partial charge in [-0.3, -0.25) is 0 Å². The zero-order valence-corrected chi connectivity index (χ0v) is 19.5. The molecule has 1 aromatic heterocycles. The lowest BCUT2D eigenvalue weighted by atomic mass is 10.1. The first-order valence-electron chi connectivity index (χ1n) is 9.76. The average molecular weight is 468 g/mol. The number of benzene rings is 1. The SMILES string of the molecule is CCCOc1cccc2c1Nc1nc(=S)n([C@@H]3S[C@H](COC)C(OC)[C@@H]3O)cc1S2. The van der Waals surface area contributed by atoms with Crippen molar-refractivity contribution in [1.29, 1.82) is 0 Å². The summed E-state index contributed by atoms with van der Waals surface area (Å²) in [6, 6.07) is 5.99. The highest BCUT2D eigenvalue weighted by atomic mass is 32.2. The molecular formula is C20H25N3O4S3. The van der Waals surface area contributed by atoms with Crippen LogP contribution >= 0.6 is 35.7 Å². The molecule has 0 aliphatic carbocycles. The predicted octanol–water partition coefficient (Wildman–Crippen LogP) is 4.25. The number of nitrogens with zero attached hydrogens (tertiary/aromatic N) is 2. The summed E-state index contributed by atoms with van der Waals surface area (Å²) in [7, 11) is 3.26. The fourth-order valence-electron chi connectivity index (χ4n) is 3.63. The van der Waals surface area contributed by atoms with Gasteiger partial charge in [-0.25, -0.2) is 4.98 Å². The molecule has 1 fully saturated rings. The Balaban J connectivity index is 1.64. The molecule has 4 atom stereocenters. The van der Waals surface area contributed by atoms with Crippen molar-refractivity contribution >= 4 is 47.2 Å². The van der Waals surface area contributed by atoms with Crippen molar-refractivity contribution in [3.63, 3.8) is 0 Å². The first-order chi connectivity index (χ1) is 14.6. The third-order valence-electron chi connectivity index (χ3n) is 5.02. The second-order valence-electron chi connectivity index (χ2n) is 7.06. The number of thioether (sulfide) groups is 1. The summed E-state index contributed by atoms with van der Waals surface area (Å²) >= 11 is 8.79. The van der Waals surface area contributed by atoms with Crippen molar-refractivity contribution in [2.24, 2.45) is 0 Å². The largest absolute Gasteiger partial charge is 0.491 e. The molecule has 2 N–H and O–H groups in total. The summed E-state index contributed by atoms with van der Waals surface area (Å²) < 4.78 is 19.0. The summed E-state index contributed by atoms with van der Waals surface area (Å²) in [5, 5.41) is 14.0. The average Bonchev–Trinajstić information content (AvgIpc) is 3.05. The Labute approximate surface area is 189 Å². The lowest BCUT2D eigenvalue weighted by Crippen LogP contribution is -2.35. The van der Waals surface area contributed by atoms with E-state index in [1.807, 2.05) is 22.9 Å². The van der Waals surface area contributed by atoms with E-state index in [1.165, 1.54) is 0 Å². The maximum absolute atomic E-state index is 10.9. The van der Waals surface area contributed by atoms with Crippen molar-refractivity contribution < 1.29 is 19.3 Å². The van der Waals surface area contributed by atoms with Crippen LogP contribution < -0.4 is 10.1 Å². The number of methoxy groups -OCH3 is 2. The van der Waals surface area contributed by atoms with E-state index >= 15 is 0 Å². The van der Waals surface area contributed by atoms with E-state index in [1.54, 1.807) is 37.7 Å². The van der Waals surface area contributed by atoms with Gasteiger partial charge in [0.15, 0.2) is 0 Å². The smallest absolute Gasteiger partial charge is 0.202 e. The van der Waals surface area contributed by atoms with Crippen molar-refractivity contribution in [3.8, 4) is 5.75 Å². The quantitative estimate of drug-likeness (QED) is 0.496. The highest BCUT2D eigenvalue weighted by Gasteiger charge is 2.44. The third kappa shape index (κ3) is 4.09. The molecular weight excluding hydrogens is 442 g/mol. The minimum atomic E-state index is -0.713. The number of aromatic nitrogens is 2. The zero-order valence-electron chi connectivity index (χ0n) is 17.0. The molecule has 2 aromatic rings. The molecule has 0 radical (unpaired) electrons. The first-order valence-corrected chi connectivity index (χ1v) is 11.9. The zero-order chi connectivity index (χ0) is 21.3. The Morgan fingerprint density at radius 1 is 1.30 bits per heavy atom. The van der Waals surface area contributed by atoms with E-state index in [0.29, 0.717) is 23.8 Å². The lowest BCUT2D eigenvalue weighted by Gasteiger charge is -2.25. The number of anilines is 2. The number of rotatable bonds is 7. The summed E-state index contributed by atoms with van der Waals surface area (Å²) in [5.41, 5.74) is 0.915. The molecule has 0 amide bonds. The second kappa shape index (κ2) is 9.46. The van der Waals surface area contributed by atoms with Crippen molar-refractivity contribution in [3.05, 3.63) is 29.2 Å². The van der Waals surface area contributed by atoms with Crippen LogP contribution in [0, 0.1) is 4.77 Å². The van der Waals surface area contributed by atoms with Gasteiger partial charge in [0.25, 0.3) is 0 Å². The number of aliphatic hydroxyl groups excluding tert-OH is 1. The van der Waals surface area contributed by atoms with Gasteiger partial charge in [0.2, 0.25) is 4.77 Å². The fraction of sp³-hybridized carbons (Fsp3) is 0.500. The summed E-state index contributed by atoms with van der Waals surface area (Å²) in [4.78, 5) is 6.64. The molecule has 0 saturated carbocycles. The Bertz CT molecular complexity index is 971. The minimum absolute atomic E-state index is 0.0164. The number of ether oxygens (including phenoxy) is 3. The Morgan fingerprint density at radius 2 is 2.13 bits per heavy atom. The molecule has 1 saturated heterocycles.